The molecule has 7 nitrogen and oxygen atoms in total. The van der Waals surface area contributed by atoms with Crippen LogP contribution < -0.4 is 5.32 Å². The first-order chi connectivity index (χ1) is 12.7. The van der Waals surface area contributed by atoms with Crippen molar-refractivity contribution < 1.29 is 27.9 Å². The highest BCUT2D eigenvalue weighted by molar-refractivity contribution is 8.71. The Bertz CT molecular complexity index is 940. The summed E-state index contributed by atoms with van der Waals surface area (Å²) in [7, 11) is -2.99. The van der Waals surface area contributed by atoms with Gasteiger partial charge >= 0.3 is 5.97 Å². The fourth-order valence-electron chi connectivity index (χ4n) is 2.14. The molecule has 0 heterocycles. The van der Waals surface area contributed by atoms with Crippen molar-refractivity contribution in [3.05, 3.63) is 71.3 Å². The number of hydrogen-bond donors (Lipinski definition) is 2. The average molecular weight is 407 g/mol. The maximum atomic E-state index is 12.3. The number of ketones is 1. The molecule has 0 fully saturated rings. The summed E-state index contributed by atoms with van der Waals surface area (Å²) in [6, 6.07) is 13.1. The third-order valence-corrected chi connectivity index (χ3v) is 6.09. The predicted octanol–water partition coefficient (Wildman–Crippen LogP) is 1.79. The lowest BCUT2D eigenvalue weighted by molar-refractivity contribution is -0.138. The molecule has 0 aliphatic heterocycles. The van der Waals surface area contributed by atoms with Crippen LogP contribution in [0.3, 0.4) is 0 Å². The van der Waals surface area contributed by atoms with Crippen LogP contribution in [0.1, 0.15) is 26.3 Å². The first-order valence-corrected chi connectivity index (χ1v) is 11.1. The average Bonchev–Trinajstić information content (AvgIpc) is 2.64. The van der Waals surface area contributed by atoms with Gasteiger partial charge in [-0.3, -0.25) is 9.59 Å². The molecule has 27 heavy (non-hydrogen) atoms. The van der Waals surface area contributed by atoms with Gasteiger partial charge in [0.1, 0.15) is 6.04 Å². The van der Waals surface area contributed by atoms with Crippen LogP contribution in [-0.2, 0) is 13.7 Å². The van der Waals surface area contributed by atoms with E-state index >= 15 is 0 Å². The molecule has 2 rings (SSSR count). The zero-order valence-corrected chi connectivity index (χ0v) is 15.9. The number of rotatable bonds is 8. The largest absolute Gasteiger partial charge is 0.480 e. The van der Waals surface area contributed by atoms with Crippen LogP contribution in [0.5, 0.6) is 0 Å². The SMILES string of the molecule is CS(=O)(=O)SC[C@H](NC(=O)c1ccc(C(=O)c2ccccc2)cc1)C(=O)O. The monoisotopic (exact) mass is 407 g/mol. The summed E-state index contributed by atoms with van der Waals surface area (Å²) in [5, 5.41) is 11.4. The molecule has 1 atom stereocenters. The molecule has 1 amide bonds. The van der Waals surface area contributed by atoms with Crippen molar-refractivity contribution in [3.63, 3.8) is 0 Å². The van der Waals surface area contributed by atoms with Crippen LogP contribution >= 0.6 is 10.8 Å². The minimum atomic E-state index is -3.43. The molecule has 0 bridgehead atoms. The van der Waals surface area contributed by atoms with Crippen molar-refractivity contribution >= 4 is 37.3 Å². The van der Waals surface area contributed by atoms with E-state index < -0.39 is 26.8 Å². The number of aliphatic carboxylic acids is 1. The fourth-order valence-corrected chi connectivity index (χ4v) is 3.90. The van der Waals surface area contributed by atoms with E-state index in [4.69, 9.17) is 5.11 Å². The quantitative estimate of drug-likeness (QED) is 0.506. The van der Waals surface area contributed by atoms with Crippen molar-refractivity contribution in [2.45, 2.75) is 6.04 Å². The standard InChI is InChI=1S/C18H17NO6S2/c1-27(24,25)26-11-15(18(22)23)19-17(21)14-9-7-13(8-10-14)16(20)12-5-3-2-4-6-12/h2-10,15H,11H2,1H3,(H,19,21)(H,22,23)/t15-/m0/s1. The number of hydrogen-bond acceptors (Lipinski definition) is 6. The zero-order chi connectivity index (χ0) is 20.0. The first kappa shape index (κ1) is 20.7. The summed E-state index contributed by atoms with van der Waals surface area (Å²) in [4.78, 5) is 35.8. The fraction of sp³-hybridized carbons (Fsp3) is 0.167. The number of carboxylic acids is 1. The van der Waals surface area contributed by atoms with E-state index in [0.29, 0.717) is 21.9 Å². The van der Waals surface area contributed by atoms with Crippen molar-refractivity contribution in [1.82, 2.24) is 5.32 Å². The predicted molar refractivity (Wildman–Crippen MR) is 103 cm³/mol. The molecule has 2 aromatic carbocycles. The highest BCUT2D eigenvalue weighted by Gasteiger charge is 2.23. The van der Waals surface area contributed by atoms with Crippen LogP contribution in [0, 0.1) is 0 Å². The van der Waals surface area contributed by atoms with E-state index in [2.05, 4.69) is 5.32 Å². The van der Waals surface area contributed by atoms with Gasteiger partial charge in [0.2, 0.25) is 0 Å². The van der Waals surface area contributed by atoms with Gasteiger partial charge in [-0.15, -0.1) is 0 Å². The van der Waals surface area contributed by atoms with Gasteiger partial charge in [-0.1, -0.05) is 42.5 Å². The van der Waals surface area contributed by atoms with Gasteiger partial charge in [-0.2, -0.15) is 0 Å². The minimum absolute atomic E-state index is 0.162. The second-order valence-corrected chi connectivity index (χ2v) is 10.1. The van der Waals surface area contributed by atoms with Crippen molar-refractivity contribution in [1.29, 1.82) is 0 Å². The maximum absolute atomic E-state index is 12.3. The Morgan fingerprint density at radius 1 is 0.963 bits per heavy atom. The highest BCUT2D eigenvalue weighted by Crippen LogP contribution is 2.13. The van der Waals surface area contributed by atoms with Crippen LogP contribution in [0.4, 0.5) is 0 Å². The molecule has 0 saturated carbocycles. The Hall–Kier alpha value is -2.65. The molecule has 0 saturated heterocycles. The van der Waals surface area contributed by atoms with Gasteiger partial charge in [-0.25, -0.2) is 13.2 Å². The molecule has 0 radical (unpaired) electrons. The van der Waals surface area contributed by atoms with Crippen LogP contribution in [0.15, 0.2) is 54.6 Å². The summed E-state index contributed by atoms with van der Waals surface area (Å²) in [5.74, 6) is -2.52. The number of nitrogens with one attached hydrogen (secondary N) is 1. The van der Waals surface area contributed by atoms with Crippen molar-refractivity contribution in [3.8, 4) is 0 Å². The molecular formula is C18H17NO6S2. The second-order valence-electron chi connectivity index (χ2n) is 5.63. The Morgan fingerprint density at radius 2 is 1.48 bits per heavy atom. The molecule has 142 valence electrons. The number of benzene rings is 2. The zero-order valence-electron chi connectivity index (χ0n) is 14.3. The summed E-state index contributed by atoms with van der Waals surface area (Å²) in [6.45, 7) is 0. The van der Waals surface area contributed by atoms with Gasteiger partial charge in [0.25, 0.3) is 5.91 Å². The Labute approximate surface area is 160 Å². The van der Waals surface area contributed by atoms with Gasteiger partial charge in [0, 0.05) is 28.7 Å². The molecule has 0 aromatic heterocycles. The van der Waals surface area contributed by atoms with Crippen molar-refractivity contribution in [2.24, 2.45) is 0 Å². The van der Waals surface area contributed by atoms with Crippen LogP contribution in [0.2, 0.25) is 0 Å². The lowest BCUT2D eigenvalue weighted by Crippen LogP contribution is -2.42. The van der Waals surface area contributed by atoms with E-state index in [-0.39, 0.29) is 17.1 Å². The Kier molecular flexibility index (Phi) is 6.75. The Morgan fingerprint density at radius 3 is 2.00 bits per heavy atom. The number of carbonyl (C=O) groups excluding carboxylic acids is 2. The first-order valence-electron chi connectivity index (χ1n) is 7.75. The summed E-state index contributed by atoms with van der Waals surface area (Å²) in [5.41, 5.74) is 1.06. The van der Waals surface area contributed by atoms with Crippen LogP contribution in [0.25, 0.3) is 0 Å². The third kappa shape index (κ3) is 6.22. The van der Waals surface area contributed by atoms with E-state index in [1.165, 1.54) is 24.3 Å². The minimum Gasteiger partial charge on any atom is -0.480 e. The number of carbonyl (C=O) groups is 3. The maximum Gasteiger partial charge on any atom is 0.327 e. The van der Waals surface area contributed by atoms with E-state index in [9.17, 15) is 22.8 Å². The van der Waals surface area contributed by atoms with E-state index in [1.807, 2.05) is 0 Å². The van der Waals surface area contributed by atoms with Gasteiger partial charge < -0.3 is 10.4 Å². The summed E-state index contributed by atoms with van der Waals surface area (Å²) >= 11 is 0. The van der Waals surface area contributed by atoms with Gasteiger partial charge in [0.05, 0.1) is 0 Å². The molecule has 0 unspecified atom stereocenters. The highest BCUT2D eigenvalue weighted by atomic mass is 33.1. The molecule has 0 spiro atoms. The number of carboxylic acid groups (broad SMARTS) is 1. The second kappa shape index (κ2) is 8.83. The lowest BCUT2D eigenvalue weighted by Gasteiger charge is -2.13. The molecule has 9 heteroatoms. The van der Waals surface area contributed by atoms with E-state index in [0.717, 1.165) is 6.26 Å². The lowest BCUT2D eigenvalue weighted by atomic mass is 10.0. The molecule has 2 N–H and O–H groups in total. The van der Waals surface area contributed by atoms with Crippen LogP contribution in [-0.4, -0.2) is 49.2 Å². The topological polar surface area (TPSA) is 118 Å². The number of amides is 1. The molecule has 0 aliphatic rings. The summed E-state index contributed by atoms with van der Waals surface area (Å²) in [6.07, 6.45) is 0.959. The normalized spacial score (nSPS) is 12.2. The third-order valence-electron chi connectivity index (χ3n) is 3.50. The smallest absolute Gasteiger partial charge is 0.327 e. The Balaban J connectivity index is 2.08. The van der Waals surface area contributed by atoms with Gasteiger partial charge in [-0.05, 0) is 22.9 Å². The molecule has 2 aromatic rings. The molecule has 0 aliphatic carbocycles. The summed E-state index contributed by atoms with van der Waals surface area (Å²) < 4.78 is 22.3. The molecular weight excluding hydrogens is 390 g/mol. The van der Waals surface area contributed by atoms with Crippen molar-refractivity contribution in [2.75, 3.05) is 12.0 Å². The van der Waals surface area contributed by atoms with E-state index in [1.54, 1.807) is 30.3 Å². The van der Waals surface area contributed by atoms with Gasteiger partial charge in [0.15, 0.2) is 14.7 Å².